The number of hydrogen-bond donors (Lipinski definition) is 2. The lowest BCUT2D eigenvalue weighted by Crippen LogP contribution is -2.47. The Bertz CT molecular complexity index is 1280. The molecular weight excluding hydrogens is 473 g/mol. The molecule has 1 aliphatic rings. The van der Waals surface area contributed by atoms with Crippen molar-refractivity contribution in [2.45, 2.75) is 0 Å². The average Bonchev–Trinajstić information content (AvgIpc) is 2.93. The van der Waals surface area contributed by atoms with Crippen molar-refractivity contribution in [1.29, 1.82) is 0 Å². The molecule has 4 aromatic rings. The predicted molar refractivity (Wildman–Crippen MR) is 143 cm³/mol. The van der Waals surface area contributed by atoms with Crippen molar-refractivity contribution in [1.82, 2.24) is 15.0 Å². The Balaban J connectivity index is 1.39. The molecule has 190 valence electrons. The van der Waals surface area contributed by atoms with Gasteiger partial charge in [-0.25, -0.2) is 4.39 Å². The fourth-order valence-electron chi connectivity index (χ4n) is 4.09. The average molecular weight is 502 g/mol. The van der Waals surface area contributed by atoms with Crippen molar-refractivity contribution >= 4 is 34.9 Å². The Morgan fingerprint density at radius 3 is 1.70 bits per heavy atom. The van der Waals surface area contributed by atoms with Gasteiger partial charge in [0.2, 0.25) is 17.8 Å². The summed E-state index contributed by atoms with van der Waals surface area (Å²) in [6.07, 6.45) is 0. The van der Waals surface area contributed by atoms with Crippen LogP contribution in [0.5, 0.6) is 11.5 Å². The van der Waals surface area contributed by atoms with E-state index in [1.807, 2.05) is 48.5 Å². The minimum Gasteiger partial charge on any atom is -0.497 e. The molecule has 0 atom stereocenters. The summed E-state index contributed by atoms with van der Waals surface area (Å²) in [4.78, 5) is 18.4. The Labute approximate surface area is 214 Å². The molecule has 0 bridgehead atoms. The van der Waals surface area contributed by atoms with Crippen molar-refractivity contribution in [3.63, 3.8) is 0 Å². The molecule has 5 rings (SSSR count). The van der Waals surface area contributed by atoms with Crippen LogP contribution in [0.15, 0.2) is 72.8 Å². The molecule has 0 spiro atoms. The van der Waals surface area contributed by atoms with E-state index >= 15 is 0 Å². The molecule has 2 N–H and O–H groups in total. The lowest BCUT2D eigenvalue weighted by molar-refractivity contribution is 0.415. The number of nitrogens with one attached hydrogen (secondary N) is 2. The van der Waals surface area contributed by atoms with Gasteiger partial charge in [-0.05, 0) is 48.5 Å². The van der Waals surface area contributed by atoms with Crippen LogP contribution in [-0.2, 0) is 0 Å². The molecule has 2 heterocycles. The second-order valence-electron chi connectivity index (χ2n) is 8.45. The summed E-state index contributed by atoms with van der Waals surface area (Å²) in [6, 6.07) is 21.7. The van der Waals surface area contributed by atoms with E-state index in [1.165, 1.54) is 12.1 Å². The maximum atomic E-state index is 13.3. The highest BCUT2D eigenvalue weighted by Crippen LogP contribution is 2.25. The number of aromatic nitrogens is 3. The summed E-state index contributed by atoms with van der Waals surface area (Å²) in [5, 5.41) is 6.53. The van der Waals surface area contributed by atoms with Crippen LogP contribution in [-0.4, -0.2) is 55.4 Å². The Hall–Kier alpha value is -4.60. The molecule has 0 unspecified atom stereocenters. The van der Waals surface area contributed by atoms with Crippen molar-refractivity contribution in [3.8, 4) is 11.5 Å². The lowest BCUT2D eigenvalue weighted by atomic mass is 10.2. The fraction of sp³-hybridized carbons (Fsp3) is 0.222. The minimum absolute atomic E-state index is 0.236. The highest BCUT2D eigenvalue weighted by atomic mass is 19.1. The van der Waals surface area contributed by atoms with Crippen LogP contribution in [0.3, 0.4) is 0 Å². The predicted octanol–water partition coefficient (Wildman–Crippen LogP) is 4.84. The van der Waals surface area contributed by atoms with E-state index in [-0.39, 0.29) is 5.82 Å². The molecule has 1 aromatic heterocycles. The Morgan fingerprint density at radius 1 is 0.676 bits per heavy atom. The molecule has 0 aliphatic carbocycles. The number of methoxy groups -OCH3 is 2. The third kappa shape index (κ3) is 5.97. The molecule has 0 amide bonds. The monoisotopic (exact) mass is 501 g/mol. The number of piperazine rings is 1. The van der Waals surface area contributed by atoms with Crippen LogP contribution in [0.4, 0.5) is 39.3 Å². The number of nitrogens with zero attached hydrogens (tertiary/aromatic N) is 5. The first-order chi connectivity index (χ1) is 18.1. The summed E-state index contributed by atoms with van der Waals surface area (Å²) in [5.41, 5.74) is 2.59. The quantitative estimate of drug-likeness (QED) is 0.352. The minimum atomic E-state index is -0.236. The third-order valence-corrected chi connectivity index (χ3v) is 6.03. The maximum Gasteiger partial charge on any atom is 0.233 e. The van der Waals surface area contributed by atoms with E-state index < -0.39 is 0 Å². The molecule has 0 saturated carbocycles. The molecule has 37 heavy (non-hydrogen) atoms. The van der Waals surface area contributed by atoms with Gasteiger partial charge in [0, 0.05) is 55.4 Å². The van der Waals surface area contributed by atoms with E-state index in [9.17, 15) is 4.39 Å². The van der Waals surface area contributed by atoms with E-state index in [2.05, 4.69) is 25.4 Å². The van der Waals surface area contributed by atoms with Gasteiger partial charge in [0.05, 0.1) is 14.2 Å². The zero-order chi connectivity index (χ0) is 25.6. The van der Waals surface area contributed by atoms with Crippen LogP contribution in [0.1, 0.15) is 0 Å². The number of halogens is 1. The van der Waals surface area contributed by atoms with Gasteiger partial charge < -0.3 is 29.9 Å². The molecule has 1 aliphatic heterocycles. The second-order valence-corrected chi connectivity index (χ2v) is 8.45. The first-order valence-corrected chi connectivity index (χ1v) is 11.9. The maximum absolute atomic E-state index is 13.3. The van der Waals surface area contributed by atoms with Crippen molar-refractivity contribution in [2.24, 2.45) is 0 Å². The highest BCUT2D eigenvalue weighted by Gasteiger charge is 2.21. The molecule has 10 heteroatoms. The van der Waals surface area contributed by atoms with E-state index in [0.717, 1.165) is 41.7 Å². The highest BCUT2D eigenvalue weighted by molar-refractivity contribution is 5.61. The molecule has 1 fully saturated rings. The van der Waals surface area contributed by atoms with E-state index in [0.29, 0.717) is 30.9 Å². The van der Waals surface area contributed by atoms with E-state index in [1.54, 1.807) is 26.4 Å². The lowest BCUT2D eigenvalue weighted by Gasteiger charge is -2.36. The van der Waals surface area contributed by atoms with Gasteiger partial charge in [0.15, 0.2) is 0 Å². The number of rotatable bonds is 8. The first kappa shape index (κ1) is 24.1. The van der Waals surface area contributed by atoms with Crippen molar-refractivity contribution in [3.05, 3.63) is 78.6 Å². The number of ether oxygens (including phenoxy) is 2. The smallest absolute Gasteiger partial charge is 0.233 e. The van der Waals surface area contributed by atoms with Gasteiger partial charge in [-0.2, -0.15) is 15.0 Å². The third-order valence-electron chi connectivity index (χ3n) is 6.03. The van der Waals surface area contributed by atoms with Gasteiger partial charge in [-0.1, -0.05) is 12.1 Å². The molecule has 0 radical (unpaired) electrons. The molecule has 1 saturated heterocycles. The van der Waals surface area contributed by atoms with Gasteiger partial charge in [0.25, 0.3) is 0 Å². The number of hydrogen-bond acceptors (Lipinski definition) is 9. The molecular formula is C27H28FN7O2. The fourth-order valence-corrected chi connectivity index (χ4v) is 4.09. The van der Waals surface area contributed by atoms with Gasteiger partial charge in [-0.15, -0.1) is 0 Å². The largest absolute Gasteiger partial charge is 0.497 e. The standard InChI is InChI=1S/C27H28FN7O2/c1-36-23-7-3-5-20(17-23)29-25-31-26(30-21-6-4-8-24(18-21)37-2)33-27(32-25)35-15-13-34(14-16-35)22-11-9-19(28)10-12-22/h3-12,17-18H,13-16H2,1-2H3,(H2,29,30,31,32,33). The summed E-state index contributed by atoms with van der Waals surface area (Å²) in [7, 11) is 3.25. The van der Waals surface area contributed by atoms with Crippen LogP contribution < -0.4 is 29.9 Å². The topological polar surface area (TPSA) is 87.7 Å². The van der Waals surface area contributed by atoms with Crippen molar-refractivity contribution in [2.75, 3.05) is 60.8 Å². The van der Waals surface area contributed by atoms with Gasteiger partial charge >= 0.3 is 0 Å². The number of anilines is 6. The van der Waals surface area contributed by atoms with Crippen LogP contribution >= 0.6 is 0 Å². The zero-order valence-corrected chi connectivity index (χ0v) is 20.7. The van der Waals surface area contributed by atoms with Crippen LogP contribution in [0, 0.1) is 5.82 Å². The molecule has 9 nitrogen and oxygen atoms in total. The normalized spacial score (nSPS) is 13.3. The van der Waals surface area contributed by atoms with E-state index in [4.69, 9.17) is 19.4 Å². The summed E-state index contributed by atoms with van der Waals surface area (Å²) >= 11 is 0. The van der Waals surface area contributed by atoms with Gasteiger partial charge in [-0.3, -0.25) is 0 Å². The van der Waals surface area contributed by atoms with Crippen LogP contribution in [0.2, 0.25) is 0 Å². The number of benzene rings is 3. The van der Waals surface area contributed by atoms with Crippen molar-refractivity contribution < 1.29 is 13.9 Å². The zero-order valence-electron chi connectivity index (χ0n) is 20.7. The molecule has 3 aromatic carbocycles. The Morgan fingerprint density at radius 2 is 1.19 bits per heavy atom. The summed E-state index contributed by atoms with van der Waals surface area (Å²) in [5.74, 6) is 2.59. The SMILES string of the molecule is COc1cccc(Nc2nc(Nc3cccc(OC)c3)nc(N3CCN(c4ccc(F)cc4)CC3)n2)c1. The Kier molecular flexibility index (Phi) is 7.16. The summed E-state index contributed by atoms with van der Waals surface area (Å²) < 4.78 is 24.0. The second kappa shape index (κ2) is 11.0. The van der Waals surface area contributed by atoms with Crippen LogP contribution in [0.25, 0.3) is 0 Å². The van der Waals surface area contributed by atoms with Gasteiger partial charge in [0.1, 0.15) is 17.3 Å². The first-order valence-electron chi connectivity index (χ1n) is 11.9. The summed E-state index contributed by atoms with van der Waals surface area (Å²) in [6.45, 7) is 2.93.